The molecule has 0 aliphatic carbocycles. The van der Waals surface area contributed by atoms with Crippen molar-refractivity contribution in [3.8, 4) is 0 Å². The summed E-state index contributed by atoms with van der Waals surface area (Å²) in [6, 6.07) is 9.33. The molecule has 0 spiro atoms. The molecule has 28 heavy (non-hydrogen) atoms. The van der Waals surface area contributed by atoms with Gasteiger partial charge in [-0.2, -0.15) is 13.2 Å². The number of hydrogen-bond donors (Lipinski definition) is 1. The number of hydrogen-bond acceptors (Lipinski definition) is 4. The average Bonchev–Trinajstić information content (AvgIpc) is 3.08. The van der Waals surface area contributed by atoms with E-state index in [0.29, 0.717) is 29.4 Å². The molecule has 0 atom stereocenters. The number of pyridine rings is 1. The maximum Gasteiger partial charge on any atom is 0.417 e. The number of benzene rings is 1. The highest BCUT2D eigenvalue weighted by atomic mass is 32.2. The molecule has 1 aromatic heterocycles. The highest BCUT2D eigenvalue weighted by Gasteiger charge is 2.30. The van der Waals surface area contributed by atoms with Crippen LogP contribution in [0.2, 0.25) is 0 Å². The molecule has 9 heteroatoms. The van der Waals surface area contributed by atoms with E-state index in [-0.39, 0.29) is 18.2 Å². The van der Waals surface area contributed by atoms with Crippen LogP contribution in [0.4, 0.5) is 24.5 Å². The lowest BCUT2D eigenvalue weighted by atomic mass is 10.2. The third kappa shape index (κ3) is 5.25. The van der Waals surface area contributed by atoms with Crippen LogP contribution in [-0.2, 0) is 15.8 Å². The van der Waals surface area contributed by atoms with E-state index in [4.69, 9.17) is 0 Å². The van der Waals surface area contributed by atoms with Crippen molar-refractivity contribution in [2.75, 3.05) is 22.5 Å². The van der Waals surface area contributed by atoms with Crippen molar-refractivity contribution in [1.29, 1.82) is 0 Å². The Labute approximate surface area is 164 Å². The largest absolute Gasteiger partial charge is 0.417 e. The predicted molar refractivity (Wildman–Crippen MR) is 101 cm³/mol. The first-order chi connectivity index (χ1) is 13.3. The molecular formula is C19H18F3N3O2S. The number of carbonyl (C=O) groups excluding carboxylic acids is 2. The van der Waals surface area contributed by atoms with Crippen molar-refractivity contribution in [3.05, 3.63) is 48.2 Å². The summed E-state index contributed by atoms with van der Waals surface area (Å²) in [5.74, 6) is 0.292. The zero-order valence-electron chi connectivity index (χ0n) is 14.8. The lowest BCUT2D eigenvalue weighted by Gasteiger charge is -2.16. The summed E-state index contributed by atoms with van der Waals surface area (Å²) in [6.45, 7) is 0.708. The number of nitrogens with zero attached hydrogens (tertiary/aromatic N) is 2. The number of anilines is 2. The summed E-state index contributed by atoms with van der Waals surface area (Å²) in [5.41, 5.74) is 0.635. The Hall–Kier alpha value is -2.55. The van der Waals surface area contributed by atoms with E-state index in [1.807, 2.05) is 0 Å². The standard InChI is InChI=1S/C19H18F3N3O2S/c20-19(21,22)13-3-8-17(23-12-13)28-11-9-16(26)24-14-4-6-15(7-5-14)25-10-1-2-18(25)27/h3-8,12H,1-2,9-11H2,(H,24,26). The molecule has 2 heterocycles. The Morgan fingerprint density at radius 2 is 1.93 bits per heavy atom. The molecule has 5 nitrogen and oxygen atoms in total. The lowest BCUT2D eigenvalue weighted by Crippen LogP contribution is -2.23. The van der Waals surface area contributed by atoms with Gasteiger partial charge in [-0.25, -0.2) is 4.98 Å². The SMILES string of the molecule is O=C(CCSc1ccc(C(F)(F)F)cn1)Nc1ccc(N2CCCC2=O)cc1. The van der Waals surface area contributed by atoms with Crippen molar-refractivity contribution < 1.29 is 22.8 Å². The van der Waals surface area contributed by atoms with E-state index in [9.17, 15) is 22.8 Å². The third-order valence-corrected chi connectivity index (χ3v) is 5.12. The summed E-state index contributed by atoms with van der Waals surface area (Å²) in [4.78, 5) is 29.2. The number of thioether (sulfide) groups is 1. The van der Waals surface area contributed by atoms with Gasteiger partial charge in [-0.3, -0.25) is 9.59 Å². The van der Waals surface area contributed by atoms with Crippen LogP contribution >= 0.6 is 11.8 Å². The van der Waals surface area contributed by atoms with Gasteiger partial charge in [0.15, 0.2) is 0 Å². The number of aromatic nitrogens is 1. The van der Waals surface area contributed by atoms with Crippen LogP contribution in [-0.4, -0.2) is 29.1 Å². The molecule has 1 fully saturated rings. The van der Waals surface area contributed by atoms with Gasteiger partial charge < -0.3 is 10.2 Å². The van der Waals surface area contributed by atoms with E-state index in [0.717, 1.165) is 24.4 Å². The topological polar surface area (TPSA) is 62.3 Å². The highest BCUT2D eigenvalue weighted by Crippen LogP contribution is 2.29. The summed E-state index contributed by atoms with van der Waals surface area (Å²) >= 11 is 1.21. The van der Waals surface area contributed by atoms with E-state index in [2.05, 4.69) is 10.3 Å². The van der Waals surface area contributed by atoms with Gasteiger partial charge in [0.25, 0.3) is 0 Å². The number of alkyl halides is 3. The number of nitrogens with one attached hydrogen (secondary N) is 1. The van der Waals surface area contributed by atoms with Crippen LogP contribution in [0.5, 0.6) is 0 Å². The first-order valence-electron chi connectivity index (χ1n) is 8.69. The Morgan fingerprint density at radius 3 is 2.50 bits per heavy atom. The molecule has 1 aliphatic heterocycles. The fourth-order valence-electron chi connectivity index (χ4n) is 2.75. The quantitative estimate of drug-likeness (QED) is 0.721. The van der Waals surface area contributed by atoms with Crippen molar-refractivity contribution in [3.63, 3.8) is 0 Å². The molecule has 1 saturated heterocycles. The second-order valence-electron chi connectivity index (χ2n) is 6.23. The summed E-state index contributed by atoms with van der Waals surface area (Å²) in [6.07, 6.45) is -2.02. The Bertz CT molecular complexity index is 839. The minimum absolute atomic E-state index is 0.102. The summed E-state index contributed by atoms with van der Waals surface area (Å²) in [7, 11) is 0. The molecule has 0 saturated carbocycles. The molecule has 0 bridgehead atoms. The van der Waals surface area contributed by atoms with Crippen LogP contribution < -0.4 is 10.2 Å². The van der Waals surface area contributed by atoms with Crippen molar-refractivity contribution in [2.45, 2.75) is 30.5 Å². The molecule has 2 amide bonds. The van der Waals surface area contributed by atoms with Gasteiger partial charge in [0, 0.05) is 42.7 Å². The Morgan fingerprint density at radius 1 is 1.18 bits per heavy atom. The van der Waals surface area contributed by atoms with Crippen LogP contribution in [0.15, 0.2) is 47.6 Å². The Balaban J connectivity index is 1.45. The van der Waals surface area contributed by atoms with E-state index in [1.165, 1.54) is 17.8 Å². The minimum Gasteiger partial charge on any atom is -0.326 e. The van der Waals surface area contributed by atoms with Gasteiger partial charge >= 0.3 is 6.18 Å². The number of halogens is 3. The molecule has 3 rings (SSSR count). The Kier molecular flexibility index (Phi) is 6.23. The van der Waals surface area contributed by atoms with Gasteiger partial charge in [0.2, 0.25) is 11.8 Å². The average molecular weight is 409 g/mol. The lowest BCUT2D eigenvalue weighted by molar-refractivity contribution is -0.137. The monoisotopic (exact) mass is 409 g/mol. The molecule has 148 valence electrons. The molecule has 1 N–H and O–H groups in total. The van der Waals surface area contributed by atoms with Crippen LogP contribution in [0.1, 0.15) is 24.8 Å². The first-order valence-corrected chi connectivity index (χ1v) is 9.68. The van der Waals surface area contributed by atoms with Crippen molar-refractivity contribution >= 4 is 35.0 Å². The van der Waals surface area contributed by atoms with Crippen molar-refractivity contribution in [1.82, 2.24) is 4.98 Å². The van der Waals surface area contributed by atoms with Crippen molar-refractivity contribution in [2.24, 2.45) is 0 Å². The number of amides is 2. The van der Waals surface area contributed by atoms with Crippen LogP contribution in [0.3, 0.4) is 0 Å². The maximum atomic E-state index is 12.5. The minimum atomic E-state index is -4.41. The number of rotatable bonds is 6. The van der Waals surface area contributed by atoms with Gasteiger partial charge in [-0.1, -0.05) is 0 Å². The van der Waals surface area contributed by atoms with Crippen LogP contribution in [0, 0.1) is 0 Å². The summed E-state index contributed by atoms with van der Waals surface area (Å²) in [5, 5.41) is 3.19. The zero-order valence-corrected chi connectivity index (χ0v) is 15.6. The predicted octanol–water partition coefficient (Wildman–Crippen LogP) is 4.35. The normalized spacial score (nSPS) is 14.4. The fraction of sp³-hybridized carbons (Fsp3) is 0.316. The fourth-order valence-corrected chi connectivity index (χ4v) is 3.54. The number of carbonyl (C=O) groups is 2. The molecule has 0 unspecified atom stereocenters. The van der Waals surface area contributed by atoms with Gasteiger partial charge in [0.05, 0.1) is 10.6 Å². The van der Waals surface area contributed by atoms with Gasteiger partial charge in [0.1, 0.15) is 0 Å². The molecular weight excluding hydrogens is 391 g/mol. The highest BCUT2D eigenvalue weighted by molar-refractivity contribution is 7.99. The molecule has 1 aromatic carbocycles. The molecule has 2 aromatic rings. The molecule has 0 radical (unpaired) electrons. The third-order valence-electron chi connectivity index (χ3n) is 4.18. The second-order valence-corrected chi connectivity index (χ2v) is 7.34. The van der Waals surface area contributed by atoms with E-state index in [1.54, 1.807) is 29.2 Å². The molecule has 1 aliphatic rings. The second kappa shape index (κ2) is 8.64. The van der Waals surface area contributed by atoms with E-state index >= 15 is 0 Å². The first kappa shape index (κ1) is 20.2. The smallest absolute Gasteiger partial charge is 0.326 e. The van der Waals surface area contributed by atoms with E-state index < -0.39 is 11.7 Å². The zero-order chi connectivity index (χ0) is 20.1. The van der Waals surface area contributed by atoms with Gasteiger partial charge in [-0.15, -0.1) is 11.8 Å². The maximum absolute atomic E-state index is 12.5. The van der Waals surface area contributed by atoms with Crippen LogP contribution in [0.25, 0.3) is 0 Å². The summed E-state index contributed by atoms with van der Waals surface area (Å²) < 4.78 is 37.5. The van der Waals surface area contributed by atoms with Gasteiger partial charge in [-0.05, 0) is 42.8 Å².